The van der Waals surface area contributed by atoms with Gasteiger partial charge in [-0.3, -0.25) is 14.4 Å². The molecule has 3 N–H and O–H groups in total. The quantitative estimate of drug-likeness (QED) is 0.0684. The number of hydrogen-bond acceptors (Lipinski definition) is 8. The van der Waals surface area contributed by atoms with Crippen LogP contribution in [0.4, 0.5) is 10.7 Å². The number of thiophene rings is 1. The summed E-state index contributed by atoms with van der Waals surface area (Å²) in [5.41, 5.74) is 3.56. The van der Waals surface area contributed by atoms with Gasteiger partial charge in [-0.25, -0.2) is 4.79 Å². The molecule has 254 valence electrons. The topological polar surface area (TPSA) is 127 Å². The Morgan fingerprint density at radius 1 is 0.940 bits per heavy atom. The van der Waals surface area contributed by atoms with Gasteiger partial charge in [0.25, 0.3) is 11.8 Å². The number of nitrogens with one attached hydrogen (secondary N) is 3. The van der Waals surface area contributed by atoms with E-state index in [1.54, 1.807) is 67.6 Å². The van der Waals surface area contributed by atoms with Crippen LogP contribution >= 0.6 is 23.1 Å². The normalized spacial score (nSPS) is 13.9. The molecule has 0 fully saturated rings. The number of furan rings is 1. The lowest BCUT2D eigenvalue weighted by Gasteiger charge is -2.23. The standard InChI is InChI=1S/C39H35N3O6S2/c1-2-47-39(46)35-31-19-18-27(25-11-5-3-6-12-25)21-33(31)50-38(35)42-34(43)24-49-30-17-9-15-28(22-30)40-37(45)32(23-29-16-10-20-48-29)41-36(44)26-13-7-4-8-14-26/h3-17,20,22-23,27H,2,18-19,21,24H2,1H3,(H,40,45)(H,41,44)(H,42,43)/b32-23-. The third-order valence-electron chi connectivity index (χ3n) is 8.09. The Labute approximate surface area is 298 Å². The van der Waals surface area contributed by atoms with E-state index in [0.717, 1.165) is 34.6 Å². The first-order valence-electron chi connectivity index (χ1n) is 16.2. The van der Waals surface area contributed by atoms with Crippen LogP contribution in [0.1, 0.15) is 61.7 Å². The molecule has 1 unspecified atom stereocenters. The Balaban J connectivity index is 1.11. The van der Waals surface area contributed by atoms with Crippen molar-refractivity contribution in [3.05, 3.63) is 142 Å². The molecule has 1 aliphatic carbocycles. The van der Waals surface area contributed by atoms with Crippen LogP contribution in [0.3, 0.4) is 0 Å². The predicted molar refractivity (Wildman–Crippen MR) is 197 cm³/mol. The van der Waals surface area contributed by atoms with Gasteiger partial charge in [0.1, 0.15) is 16.5 Å². The van der Waals surface area contributed by atoms with E-state index in [0.29, 0.717) is 33.5 Å². The SMILES string of the molecule is CCOC(=O)c1c(NC(=O)CSc2cccc(NC(=O)/C(=C/c3ccco3)NC(=O)c3ccccc3)c2)sc2c1CCC(c1ccccc1)C2. The first-order chi connectivity index (χ1) is 24.4. The molecule has 2 aromatic heterocycles. The third kappa shape index (κ3) is 8.60. The van der Waals surface area contributed by atoms with Gasteiger partial charge in [0.15, 0.2) is 0 Å². The van der Waals surface area contributed by atoms with Crippen molar-refractivity contribution in [1.29, 1.82) is 0 Å². The molecule has 50 heavy (non-hydrogen) atoms. The van der Waals surface area contributed by atoms with Crippen LogP contribution in [0.15, 0.2) is 118 Å². The van der Waals surface area contributed by atoms with Gasteiger partial charge in [-0.2, -0.15) is 0 Å². The van der Waals surface area contributed by atoms with Gasteiger partial charge in [-0.05, 0) is 85.7 Å². The Bertz CT molecular complexity index is 2010. The Kier molecular flexibility index (Phi) is 11.3. The highest BCUT2D eigenvalue weighted by molar-refractivity contribution is 8.00. The number of hydrogen-bond donors (Lipinski definition) is 3. The molecule has 3 amide bonds. The highest BCUT2D eigenvalue weighted by atomic mass is 32.2. The van der Waals surface area contributed by atoms with Crippen molar-refractivity contribution in [2.75, 3.05) is 23.0 Å². The number of carbonyl (C=O) groups is 4. The van der Waals surface area contributed by atoms with Gasteiger partial charge >= 0.3 is 5.97 Å². The minimum Gasteiger partial charge on any atom is -0.465 e. The Morgan fingerprint density at radius 3 is 2.46 bits per heavy atom. The number of rotatable bonds is 12. The van der Waals surface area contributed by atoms with E-state index in [9.17, 15) is 19.2 Å². The smallest absolute Gasteiger partial charge is 0.341 e. The van der Waals surface area contributed by atoms with E-state index >= 15 is 0 Å². The van der Waals surface area contributed by atoms with Crippen molar-refractivity contribution < 1.29 is 28.3 Å². The summed E-state index contributed by atoms with van der Waals surface area (Å²) < 4.78 is 10.8. The minimum absolute atomic E-state index is 0.00243. The number of thioether (sulfide) groups is 1. The molecule has 6 rings (SSSR count). The molecule has 5 aromatic rings. The summed E-state index contributed by atoms with van der Waals surface area (Å²) in [6.07, 6.45) is 5.37. The van der Waals surface area contributed by atoms with Gasteiger partial charge < -0.3 is 25.1 Å². The van der Waals surface area contributed by atoms with E-state index in [-0.39, 0.29) is 24.0 Å². The summed E-state index contributed by atoms with van der Waals surface area (Å²) in [4.78, 5) is 54.4. The number of anilines is 2. The maximum atomic E-state index is 13.4. The molecule has 11 heteroatoms. The van der Waals surface area contributed by atoms with E-state index in [1.165, 1.54) is 41.0 Å². The molecule has 0 radical (unpaired) electrons. The van der Waals surface area contributed by atoms with Gasteiger partial charge in [0, 0.05) is 27.1 Å². The lowest BCUT2D eigenvalue weighted by molar-refractivity contribution is -0.114. The number of ether oxygens (including phenoxy) is 1. The van der Waals surface area contributed by atoms with Crippen molar-refractivity contribution in [3.8, 4) is 0 Å². The summed E-state index contributed by atoms with van der Waals surface area (Å²) in [6.45, 7) is 2.01. The molecule has 0 aliphatic heterocycles. The van der Waals surface area contributed by atoms with E-state index in [2.05, 4.69) is 28.1 Å². The second-order valence-corrected chi connectivity index (χ2v) is 13.6. The summed E-state index contributed by atoms with van der Waals surface area (Å²) in [6, 6.07) is 29.4. The Morgan fingerprint density at radius 2 is 1.72 bits per heavy atom. The fraction of sp³-hybridized carbons (Fsp3) is 0.179. The van der Waals surface area contributed by atoms with Crippen LogP contribution in [-0.4, -0.2) is 36.1 Å². The second kappa shape index (κ2) is 16.3. The van der Waals surface area contributed by atoms with Gasteiger partial charge in [0.2, 0.25) is 5.91 Å². The fourth-order valence-corrected chi connectivity index (χ4v) is 7.82. The summed E-state index contributed by atoms with van der Waals surface area (Å²) in [5, 5.41) is 9.00. The van der Waals surface area contributed by atoms with E-state index in [4.69, 9.17) is 9.15 Å². The zero-order chi connectivity index (χ0) is 34.9. The second-order valence-electron chi connectivity index (χ2n) is 11.5. The molecule has 0 bridgehead atoms. The third-order valence-corrected chi connectivity index (χ3v) is 10.3. The minimum atomic E-state index is -0.548. The summed E-state index contributed by atoms with van der Waals surface area (Å²) in [7, 11) is 0. The van der Waals surface area contributed by atoms with Crippen molar-refractivity contribution in [2.45, 2.75) is 37.0 Å². The van der Waals surface area contributed by atoms with Crippen molar-refractivity contribution in [3.63, 3.8) is 0 Å². The van der Waals surface area contributed by atoms with Crippen LogP contribution in [0.25, 0.3) is 6.08 Å². The largest absolute Gasteiger partial charge is 0.465 e. The average molecular weight is 706 g/mol. The maximum absolute atomic E-state index is 13.4. The molecule has 0 saturated carbocycles. The van der Waals surface area contributed by atoms with Crippen LogP contribution in [0.2, 0.25) is 0 Å². The van der Waals surface area contributed by atoms with Crippen molar-refractivity contribution >= 4 is 63.6 Å². The van der Waals surface area contributed by atoms with Gasteiger partial charge in [-0.15, -0.1) is 23.1 Å². The van der Waals surface area contributed by atoms with E-state index in [1.807, 2.05) is 24.3 Å². The maximum Gasteiger partial charge on any atom is 0.341 e. The number of amides is 3. The number of carbonyl (C=O) groups excluding carboxylic acids is 4. The first-order valence-corrected chi connectivity index (χ1v) is 18.0. The number of esters is 1. The van der Waals surface area contributed by atoms with E-state index < -0.39 is 17.8 Å². The highest BCUT2D eigenvalue weighted by Gasteiger charge is 2.31. The zero-order valence-electron chi connectivity index (χ0n) is 27.3. The monoisotopic (exact) mass is 705 g/mol. The van der Waals surface area contributed by atoms with Gasteiger partial charge in [0.05, 0.1) is 24.2 Å². The zero-order valence-corrected chi connectivity index (χ0v) is 28.9. The Hall–Kier alpha value is -5.39. The molecule has 0 saturated heterocycles. The molecule has 3 aromatic carbocycles. The fourth-order valence-electron chi connectivity index (χ4n) is 5.73. The van der Waals surface area contributed by atoms with Crippen molar-refractivity contribution in [1.82, 2.24) is 5.32 Å². The van der Waals surface area contributed by atoms with Crippen LogP contribution in [0, 0.1) is 0 Å². The lowest BCUT2D eigenvalue weighted by atomic mass is 9.83. The molecule has 1 aliphatic rings. The van der Waals surface area contributed by atoms with Crippen LogP contribution in [0.5, 0.6) is 0 Å². The van der Waals surface area contributed by atoms with Crippen LogP contribution in [-0.2, 0) is 27.2 Å². The average Bonchev–Trinajstić information content (AvgIpc) is 3.78. The van der Waals surface area contributed by atoms with Gasteiger partial charge in [-0.1, -0.05) is 54.6 Å². The number of fused-ring (bicyclic) bond motifs is 1. The predicted octanol–water partition coefficient (Wildman–Crippen LogP) is 7.93. The molecular formula is C39H35N3O6S2. The molecule has 2 heterocycles. The highest BCUT2D eigenvalue weighted by Crippen LogP contribution is 2.43. The summed E-state index contributed by atoms with van der Waals surface area (Å²) >= 11 is 2.74. The molecule has 9 nitrogen and oxygen atoms in total. The lowest BCUT2D eigenvalue weighted by Crippen LogP contribution is -2.30. The molecular weight excluding hydrogens is 671 g/mol. The van der Waals surface area contributed by atoms with Crippen LogP contribution < -0.4 is 16.0 Å². The molecule has 0 spiro atoms. The van der Waals surface area contributed by atoms with Crippen molar-refractivity contribution in [2.24, 2.45) is 0 Å². The first kappa shape index (κ1) is 34.5. The summed E-state index contributed by atoms with van der Waals surface area (Å²) in [5.74, 6) is -0.856. The number of benzene rings is 3. The molecule has 1 atom stereocenters.